The van der Waals surface area contributed by atoms with Crippen molar-refractivity contribution in [3.63, 3.8) is 0 Å². The van der Waals surface area contributed by atoms with E-state index in [1.807, 2.05) is 54.6 Å². The smallest absolute Gasteiger partial charge is 0.164 e. The molecule has 0 spiro atoms. The molecule has 75 heavy (non-hydrogen) atoms. The molecule has 0 aliphatic carbocycles. The number of hydrogen-bond donors (Lipinski definition) is 0. The molecule has 0 aliphatic rings. The van der Waals surface area contributed by atoms with Crippen molar-refractivity contribution in [3.8, 4) is 84.4 Å². The summed E-state index contributed by atoms with van der Waals surface area (Å²) >= 11 is 0. The summed E-state index contributed by atoms with van der Waals surface area (Å²) in [7, 11) is 0. The van der Waals surface area contributed by atoms with Crippen LogP contribution >= 0.6 is 0 Å². The second-order valence-corrected chi connectivity index (χ2v) is 19.1. The SMILES string of the molecule is c1ccc(-c2cc(-c3ccccc3)cc(-c3cccc(-c4nc(-c5ccccc5)nc(-c5cccc6oc7ccc(-c8ccc9c(c8)c8ccccc8n9-c8ccc9oc%10ccccc%10c9c8)cc7c56)n4)c3)c2)cc1. The van der Waals surface area contributed by atoms with Gasteiger partial charge in [-0.2, -0.15) is 0 Å². The number of furan rings is 2. The number of aromatic nitrogens is 4. The summed E-state index contributed by atoms with van der Waals surface area (Å²) in [5, 5.41) is 6.51. The van der Waals surface area contributed by atoms with Gasteiger partial charge in [0.25, 0.3) is 0 Å². The minimum absolute atomic E-state index is 0.566. The Bertz CT molecular complexity index is 4650. The first-order chi connectivity index (χ1) is 37.1. The zero-order valence-electron chi connectivity index (χ0n) is 40.4. The van der Waals surface area contributed by atoms with E-state index in [0.29, 0.717) is 17.5 Å². The van der Waals surface area contributed by atoms with E-state index in [9.17, 15) is 0 Å². The van der Waals surface area contributed by atoms with Gasteiger partial charge in [-0.05, 0) is 129 Å². The van der Waals surface area contributed by atoms with Crippen LogP contribution in [0.25, 0.3) is 150 Å². The maximum atomic E-state index is 6.63. The minimum atomic E-state index is 0.566. The van der Waals surface area contributed by atoms with Crippen LogP contribution in [0.1, 0.15) is 0 Å². The highest BCUT2D eigenvalue weighted by molar-refractivity contribution is 6.14. The van der Waals surface area contributed by atoms with E-state index in [2.05, 4.69) is 205 Å². The van der Waals surface area contributed by atoms with Crippen molar-refractivity contribution in [2.24, 2.45) is 0 Å². The first kappa shape index (κ1) is 42.5. The molecule has 6 nitrogen and oxygen atoms in total. The molecular weight excluding hydrogens is 917 g/mol. The van der Waals surface area contributed by atoms with E-state index >= 15 is 0 Å². The van der Waals surface area contributed by atoms with Crippen molar-refractivity contribution in [1.82, 2.24) is 19.5 Å². The number of fused-ring (bicyclic) bond motifs is 9. The third kappa shape index (κ3) is 7.30. The van der Waals surface area contributed by atoms with Gasteiger partial charge in [-0.15, -0.1) is 0 Å². The number of nitrogens with zero attached hydrogens (tertiary/aromatic N) is 4. The minimum Gasteiger partial charge on any atom is -0.456 e. The summed E-state index contributed by atoms with van der Waals surface area (Å²) in [6.07, 6.45) is 0. The van der Waals surface area contributed by atoms with Gasteiger partial charge in [0.2, 0.25) is 0 Å². The monoisotopic (exact) mass is 958 g/mol. The van der Waals surface area contributed by atoms with Crippen molar-refractivity contribution in [2.75, 3.05) is 0 Å². The Kier molecular flexibility index (Phi) is 9.78. The predicted octanol–water partition coefficient (Wildman–Crippen LogP) is 18.4. The fourth-order valence-electron chi connectivity index (χ4n) is 11.0. The van der Waals surface area contributed by atoms with Gasteiger partial charge >= 0.3 is 0 Å². The summed E-state index contributed by atoms with van der Waals surface area (Å²) in [6, 6.07) is 89.5. The highest BCUT2D eigenvalue weighted by Crippen LogP contribution is 2.42. The van der Waals surface area contributed by atoms with Gasteiger partial charge in [0, 0.05) is 54.7 Å². The molecule has 0 aliphatic heterocycles. The van der Waals surface area contributed by atoms with Crippen molar-refractivity contribution in [3.05, 3.63) is 255 Å². The molecule has 4 heterocycles. The maximum Gasteiger partial charge on any atom is 0.164 e. The highest BCUT2D eigenvalue weighted by Gasteiger charge is 2.21. The van der Waals surface area contributed by atoms with Crippen LogP contribution in [0.3, 0.4) is 0 Å². The Balaban J connectivity index is 0.856. The third-order valence-electron chi connectivity index (χ3n) is 14.6. The Morgan fingerprint density at radius 1 is 0.253 bits per heavy atom. The van der Waals surface area contributed by atoms with Crippen LogP contribution < -0.4 is 0 Å². The zero-order valence-corrected chi connectivity index (χ0v) is 40.4. The topological polar surface area (TPSA) is 69.9 Å². The molecule has 11 aromatic carbocycles. The summed E-state index contributed by atoms with van der Waals surface area (Å²) in [6.45, 7) is 0. The first-order valence-electron chi connectivity index (χ1n) is 25.2. The lowest BCUT2D eigenvalue weighted by Gasteiger charge is -2.13. The molecule has 15 aromatic rings. The standard InChI is InChI=1S/C69H42N4O2/c1-4-16-43(17-5-1)50-37-51(44-18-6-2-7-19-44)39-52(38-50)46-22-14-23-49(36-46)68-70-67(45-20-8-3-9-21-45)71-69(72-68)56-26-15-29-65-66(56)59-41-48(31-34-64(59)75-65)47-30-33-61-57(40-47)54-24-10-12-27-60(54)73(61)53-32-35-63-58(42-53)55-25-11-13-28-62(55)74-63/h1-42H. The molecule has 0 fully saturated rings. The maximum absolute atomic E-state index is 6.63. The molecule has 0 saturated carbocycles. The molecular formula is C69H42N4O2. The van der Waals surface area contributed by atoms with Crippen molar-refractivity contribution in [1.29, 1.82) is 0 Å². The van der Waals surface area contributed by atoms with Crippen LogP contribution in [0.15, 0.2) is 264 Å². The second-order valence-electron chi connectivity index (χ2n) is 19.1. The average Bonchev–Trinajstić information content (AvgIpc) is 4.21. The molecule has 0 N–H and O–H groups in total. The van der Waals surface area contributed by atoms with Gasteiger partial charge in [0.1, 0.15) is 22.3 Å². The molecule has 350 valence electrons. The molecule has 0 radical (unpaired) electrons. The normalized spacial score (nSPS) is 11.7. The fraction of sp³-hybridized carbons (Fsp3) is 0. The van der Waals surface area contributed by atoms with Crippen molar-refractivity contribution in [2.45, 2.75) is 0 Å². The number of para-hydroxylation sites is 2. The van der Waals surface area contributed by atoms with E-state index < -0.39 is 0 Å². The Hall–Kier alpha value is -10.2. The molecule has 0 bridgehead atoms. The highest BCUT2D eigenvalue weighted by atomic mass is 16.3. The van der Waals surface area contributed by atoms with Gasteiger partial charge in [-0.3, -0.25) is 0 Å². The number of hydrogen-bond acceptors (Lipinski definition) is 5. The van der Waals surface area contributed by atoms with Gasteiger partial charge < -0.3 is 13.4 Å². The first-order valence-corrected chi connectivity index (χ1v) is 25.2. The molecule has 0 amide bonds. The second kappa shape index (κ2) is 17.3. The summed E-state index contributed by atoms with van der Waals surface area (Å²) in [4.78, 5) is 15.8. The van der Waals surface area contributed by atoms with E-state index in [0.717, 1.165) is 122 Å². The van der Waals surface area contributed by atoms with Crippen molar-refractivity contribution >= 4 is 65.7 Å². The summed E-state index contributed by atoms with van der Waals surface area (Å²) in [5.74, 6) is 1.74. The third-order valence-corrected chi connectivity index (χ3v) is 14.6. The van der Waals surface area contributed by atoms with E-state index in [4.69, 9.17) is 23.8 Å². The Labute approximate surface area is 431 Å². The Morgan fingerprint density at radius 3 is 1.49 bits per heavy atom. The molecule has 0 saturated heterocycles. The molecule has 4 aromatic heterocycles. The lowest BCUT2D eigenvalue weighted by Crippen LogP contribution is -2.00. The summed E-state index contributed by atoms with van der Waals surface area (Å²) in [5.41, 5.74) is 18.3. The Morgan fingerprint density at radius 2 is 0.733 bits per heavy atom. The zero-order chi connectivity index (χ0) is 49.4. The lowest BCUT2D eigenvalue weighted by atomic mass is 9.93. The average molecular weight is 959 g/mol. The molecule has 15 rings (SSSR count). The quantitative estimate of drug-likeness (QED) is 0.152. The van der Waals surface area contributed by atoms with Crippen LogP contribution in [-0.4, -0.2) is 19.5 Å². The fourth-order valence-corrected chi connectivity index (χ4v) is 11.0. The van der Waals surface area contributed by atoms with Gasteiger partial charge in [0.05, 0.1) is 11.0 Å². The van der Waals surface area contributed by atoms with Crippen LogP contribution in [0.5, 0.6) is 0 Å². The van der Waals surface area contributed by atoms with Crippen LogP contribution in [-0.2, 0) is 0 Å². The molecule has 6 heteroatoms. The van der Waals surface area contributed by atoms with Gasteiger partial charge in [-0.25, -0.2) is 15.0 Å². The molecule has 0 unspecified atom stereocenters. The van der Waals surface area contributed by atoms with Crippen LogP contribution in [0.4, 0.5) is 0 Å². The molecule has 0 atom stereocenters. The van der Waals surface area contributed by atoms with E-state index in [1.165, 1.54) is 10.8 Å². The summed E-state index contributed by atoms with van der Waals surface area (Å²) < 4.78 is 15.2. The lowest BCUT2D eigenvalue weighted by molar-refractivity contribution is 0.668. The number of benzene rings is 11. The van der Waals surface area contributed by atoms with Gasteiger partial charge in [0.15, 0.2) is 17.5 Å². The van der Waals surface area contributed by atoms with E-state index in [1.54, 1.807) is 0 Å². The number of rotatable bonds is 8. The predicted molar refractivity (Wildman–Crippen MR) is 307 cm³/mol. The largest absolute Gasteiger partial charge is 0.456 e. The van der Waals surface area contributed by atoms with Crippen LogP contribution in [0.2, 0.25) is 0 Å². The van der Waals surface area contributed by atoms with E-state index in [-0.39, 0.29) is 0 Å². The van der Waals surface area contributed by atoms with Crippen LogP contribution in [0, 0.1) is 0 Å². The van der Waals surface area contributed by atoms with Crippen molar-refractivity contribution < 1.29 is 8.83 Å². The van der Waals surface area contributed by atoms with Gasteiger partial charge in [-0.1, -0.05) is 170 Å².